The smallest absolute Gasteiger partial charge is 0.428 e. The van der Waals surface area contributed by atoms with Gasteiger partial charge in [-0.3, -0.25) is 4.79 Å². The zero-order valence-electron chi connectivity index (χ0n) is 22.4. The summed E-state index contributed by atoms with van der Waals surface area (Å²) in [6, 6.07) is 17.3. The first kappa shape index (κ1) is 32.4. The molecule has 0 fully saturated rings. The largest absolute Gasteiger partial charge is 0.461 e. The molecule has 0 saturated carbocycles. The van der Waals surface area contributed by atoms with Gasteiger partial charge in [0.1, 0.15) is 17.4 Å². The van der Waals surface area contributed by atoms with E-state index in [-0.39, 0.29) is 30.2 Å². The van der Waals surface area contributed by atoms with E-state index in [9.17, 15) is 39.9 Å². The molecule has 13 heteroatoms. The molecule has 4 rings (SSSR count). The third-order valence-corrected chi connectivity index (χ3v) is 6.73. The molecule has 0 unspecified atom stereocenters. The first-order valence-corrected chi connectivity index (χ1v) is 12.8. The summed E-state index contributed by atoms with van der Waals surface area (Å²) in [5.74, 6) is -4.95. The van der Waals surface area contributed by atoms with Gasteiger partial charge >= 0.3 is 18.7 Å². The lowest BCUT2D eigenvalue weighted by molar-refractivity contribution is -0.253. The molecule has 3 N–H and O–H groups in total. The van der Waals surface area contributed by atoms with Crippen molar-refractivity contribution < 1.29 is 49.0 Å². The van der Waals surface area contributed by atoms with E-state index in [2.05, 4.69) is 10.1 Å². The van der Waals surface area contributed by atoms with Crippen LogP contribution in [-0.4, -0.2) is 18.4 Å². The maximum absolute atomic E-state index is 15.0. The van der Waals surface area contributed by atoms with Crippen LogP contribution in [0.2, 0.25) is 0 Å². The van der Waals surface area contributed by atoms with E-state index in [0.717, 1.165) is 12.1 Å². The molecule has 232 valence electrons. The number of nitrogens with two attached hydrogens (primary N) is 1. The Balaban J connectivity index is 1.99. The lowest BCUT2D eigenvalue weighted by Gasteiger charge is -2.37. The van der Waals surface area contributed by atoms with Crippen molar-refractivity contribution >= 4 is 5.91 Å². The van der Waals surface area contributed by atoms with Crippen LogP contribution in [0, 0.1) is 11.6 Å². The highest BCUT2D eigenvalue weighted by Crippen LogP contribution is 2.39. The number of carbonyl (C=O) groups is 1. The monoisotopic (exact) mass is 626 g/mol. The first-order chi connectivity index (χ1) is 20.6. The molecule has 0 aromatic heterocycles. The molecule has 4 aromatic carbocycles. The Morgan fingerprint density at radius 2 is 1.43 bits per heavy atom. The summed E-state index contributed by atoms with van der Waals surface area (Å²) in [5.41, 5.74) is 1.86. The average molecular weight is 627 g/mol. The van der Waals surface area contributed by atoms with E-state index in [1.807, 2.05) is 0 Å². The third-order valence-electron chi connectivity index (χ3n) is 6.73. The Labute approximate surface area is 245 Å². The summed E-state index contributed by atoms with van der Waals surface area (Å²) in [4.78, 5) is 13.7. The van der Waals surface area contributed by atoms with Crippen molar-refractivity contribution in [1.29, 1.82) is 0 Å². The molecule has 1 amide bonds. The number of ether oxygens (including phenoxy) is 1. The number of nitrogens with one attached hydrogen (secondary N) is 1. The van der Waals surface area contributed by atoms with Crippen LogP contribution in [0.25, 0.3) is 0 Å². The second kappa shape index (κ2) is 12.6. The molecule has 1 atom stereocenters. The highest BCUT2D eigenvalue weighted by molar-refractivity contribution is 5.97. The minimum Gasteiger partial charge on any atom is -0.428 e. The predicted octanol–water partition coefficient (Wildman–Crippen LogP) is 7.60. The zero-order chi connectivity index (χ0) is 32.3. The minimum atomic E-state index is -5.17. The number of hydrogen-bond donors (Lipinski definition) is 2. The van der Waals surface area contributed by atoms with Crippen molar-refractivity contribution in [2.45, 2.75) is 37.2 Å². The van der Waals surface area contributed by atoms with Crippen LogP contribution in [-0.2, 0) is 24.7 Å². The van der Waals surface area contributed by atoms with Gasteiger partial charge < -0.3 is 15.8 Å². The first-order valence-electron chi connectivity index (χ1n) is 12.8. The average Bonchev–Trinajstić information content (AvgIpc) is 2.96. The summed E-state index contributed by atoms with van der Waals surface area (Å²) in [5, 5.41) is 2.49. The Bertz CT molecular complexity index is 1610. The number of benzene rings is 4. The number of carbonyl (C=O) groups excluding carboxylic acids is 1. The lowest BCUT2D eigenvalue weighted by Crippen LogP contribution is -2.49. The highest BCUT2D eigenvalue weighted by atomic mass is 19.4. The summed E-state index contributed by atoms with van der Waals surface area (Å²) < 4.78 is 128. The van der Waals surface area contributed by atoms with Gasteiger partial charge in [-0.25, -0.2) is 8.78 Å². The number of hydrogen-bond acceptors (Lipinski definition) is 3. The maximum atomic E-state index is 15.0. The molecule has 0 heterocycles. The van der Waals surface area contributed by atoms with E-state index in [1.165, 1.54) is 24.3 Å². The molecule has 0 aliphatic rings. The summed E-state index contributed by atoms with van der Waals surface area (Å²) in [6.07, 6.45) is -14.8. The molecule has 0 bridgehead atoms. The van der Waals surface area contributed by atoms with Crippen LogP contribution < -0.4 is 15.8 Å². The molecule has 0 spiro atoms. The summed E-state index contributed by atoms with van der Waals surface area (Å²) in [6.45, 7) is 0.0729. The minimum absolute atomic E-state index is 0.0729. The molecule has 0 radical (unpaired) electrons. The number of halogens is 9. The molecule has 44 heavy (non-hydrogen) atoms. The van der Waals surface area contributed by atoms with Crippen LogP contribution >= 0.6 is 0 Å². The molecule has 0 aliphatic carbocycles. The van der Waals surface area contributed by atoms with E-state index in [0.29, 0.717) is 29.3 Å². The van der Waals surface area contributed by atoms with Gasteiger partial charge in [-0.2, -0.15) is 30.7 Å². The molecular formula is C31H23F9N2O2. The highest BCUT2D eigenvalue weighted by Gasteiger charge is 2.45. The Hall–Kier alpha value is -4.52. The van der Waals surface area contributed by atoms with E-state index in [4.69, 9.17) is 5.73 Å². The second-order valence-electron chi connectivity index (χ2n) is 9.75. The zero-order valence-corrected chi connectivity index (χ0v) is 22.4. The van der Waals surface area contributed by atoms with Crippen molar-refractivity contribution in [2.75, 3.05) is 0 Å². The van der Waals surface area contributed by atoms with Gasteiger partial charge in [0.2, 0.25) is 0 Å². The Morgan fingerprint density at radius 1 is 0.773 bits per heavy atom. The SMILES string of the molecule is NCc1ccc([C@@](Cc2ccccc2)(NC(=O)c2ccc(F)cc2C(F)(F)F)c2cc(F)cc(OC(F)(F)C(F)F)c2)cc1. The van der Waals surface area contributed by atoms with Crippen LogP contribution in [0.15, 0.2) is 91.0 Å². The molecule has 0 aliphatic heterocycles. The van der Waals surface area contributed by atoms with E-state index < -0.39 is 58.7 Å². The van der Waals surface area contributed by atoms with Gasteiger partial charge in [0.05, 0.1) is 16.7 Å². The van der Waals surface area contributed by atoms with Gasteiger partial charge in [0.25, 0.3) is 5.91 Å². The fourth-order valence-electron chi connectivity index (χ4n) is 4.67. The van der Waals surface area contributed by atoms with Crippen molar-refractivity contribution in [2.24, 2.45) is 5.73 Å². The van der Waals surface area contributed by atoms with Crippen molar-refractivity contribution in [3.8, 4) is 5.75 Å². The topological polar surface area (TPSA) is 64.3 Å². The molecule has 4 nitrogen and oxygen atoms in total. The fraction of sp³-hybridized carbons (Fsp3) is 0.194. The molecule has 0 saturated heterocycles. The van der Waals surface area contributed by atoms with Gasteiger partial charge in [-0.05, 0) is 52.6 Å². The Kier molecular flexibility index (Phi) is 9.28. The normalized spacial score (nSPS) is 13.4. The molecule has 4 aromatic rings. The second-order valence-corrected chi connectivity index (χ2v) is 9.75. The standard InChI is InChI=1S/C31H23F9N2O2/c32-22-10-11-25(26(15-22)30(36,37)38)27(43)42-29(16-18-4-2-1-3-5-18,20-8-6-19(17-41)7-9-20)21-12-23(33)14-24(13-21)44-31(39,40)28(34)35/h1-15,28H,16-17,41H2,(H,42,43)/t29-/m1/s1. The van der Waals surface area contributed by atoms with E-state index in [1.54, 1.807) is 30.3 Å². The van der Waals surface area contributed by atoms with Crippen molar-refractivity contribution in [1.82, 2.24) is 5.32 Å². The van der Waals surface area contributed by atoms with Crippen LogP contribution in [0.1, 0.15) is 38.2 Å². The van der Waals surface area contributed by atoms with Crippen molar-refractivity contribution in [3.63, 3.8) is 0 Å². The van der Waals surface area contributed by atoms with Crippen LogP contribution in [0.5, 0.6) is 5.75 Å². The maximum Gasteiger partial charge on any atom is 0.461 e. The quantitative estimate of drug-likeness (QED) is 0.178. The fourth-order valence-corrected chi connectivity index (χ4v) is 4.67. The van der Waals surface area contributed by atoms with Gasteiger partial charge in [0, 0.05) is 19.0 Å². The predicted molar refractivity (Wildman–Crippen MR) is 142 cm³/mol. The lowest BCUT2D eigenvalue weighted by atomic mass is 9.77. The number of rotatable bonds is 10. The van der Waals surface area contributed by atoms with Gasteiger partial charge in [-0.15, -0.1) is 0 Å². The number of amides is 1. The molecular weight excluding hydrogens is 603 g/mol. The van der Waals surface area contributed by atoms with Crippen molar-refractivity contribution in [3.05, 3.63) is 136 Å². The summed E-state index contributed by atoms with van der Waals surface area (Å²) in [7, 11) is 0. The number of alkyl halides is 7. The third kappa shape index (κ3) is 7.16. The van der Waals surface area contributed by atoms with Crippen LogP contribution in [0.4, 0.5) is 39.5 Å². The van der Waals surface area contributed by atoms with E-state index >= 15 is 4.39 Å². The van der Waals surface area contributed by atoms with Gasteiger partial charge in [-0.1, -0.05) is 54.6 Å². The van der Waals surface area contributed by atoms with Crippen LogP contribution in [0.3, 0.4) is 0 Å². The Morgan fingerprint density at radius 3 is 2.02 bits per heavy atom. The van der Waals surface area contributed by atoms with Gasteiger partial charge in [0.15, 0.2) is 0 Å². The summed E-state index contributed by atoms with van der Waals surface area (Å²) >= 11 is 0.